The number of rotatable bonds is 7. The summed E-state index contributed by atoms with van der Waals surface area (Å²) >= 11 is 12.3. The van der Waals surface area contributed by atoms with E-state index in [0.29, 0.717) is 21.4 Å². The zero-order chi connectivity index (χ0) is 24.2. The van der Waals surface area contributed by atoms with Gasteiger partial charge >= 0.3 is 12.0 Å². The molecular formula is C24H18Cl2N2O6. The summed E-state index contributed by atoms with van der Waals surface area (Å²) in [5.41, 5.74) is 1.32. The first kappa shape index (κ1) is 23.4. The normalized spacial score (nSPS) is 14.4. The Morgan fingerprint density at radius 2 is 1.91 bits per heavy atom. The van der Waals surface area contributed by atoms with Gasteiger partial charge in [-0.15, -0.1) is 0 Å². The molecule has 0 unspecified atom stereocenters. The number of nitrogens with zero attached hydrogens (tertiary/aromatic N) is 1. The van der Waals surface area contributed by atoms with Gasteiger partial charge in [-0.1, -0.05) is 41.4 Å². The lowest BCUT2D eigenvalue weighted by molar-refractivity contribution is -0.123. The topological polar surface area (TPSA) is 98.1 Å². The van der Waals surface area contributed by atoms with Crippen LogP contribution in [0.5, 0.6) is 5.75 Å². The standard InChI is InChI=1S/C24H18Cl2N2O6/c1-32-23(30)21-9-7-17(34-21)12-28-22(29)19(27-24(28)31)11-15-10-16(25)6-8-20(15)33-13-14-4-2-3-5-18(14)26/h2-11H,12-13H2,1H3,(H,27,31)/b19-11-. The van der Waals surface area contributed by atoms with E-state index in [1.54, 1.807) is 24.3 Å². The van der Waals surface area contributed by atoms with Crippen molar-refractivity contribution in [1.82, 2.24) is 10.2 Å². The zero-order valence-electron chi connectivity index (χ0n) is 17.8. The molecule has 4 rings (SSSR count). The second-order valence-electron chi connectivity index (χ2n) is 7.20. The van der Waals surface area contributed by atoms with Crippen LogP contribution in [0.4, 0.5) is 4.79 Å². The number of nitrogens with one attached hydrogen (secondary N) is 1. The van der Waals surface area contributed by atoms with Crippen LogP contribution in [0.2, 0.25) is 10.0 Å². The fourth-order valence-electron chi connectivity index (χ4n) is 3.23. The van der Waals surface area contributed by atoms with Gasteiger partial charge in [0.15, 0.2) is 0 Å². The number of urea groups is 1. The Bertz CT molecular complexity index is 1300. The van der Waals surface area contributed by atoms with E-state index in [2.05, 4.69) is 10.1 Å². The van der Waals surface area contributed by atoms with Crippen molar-refractivity contribution < 1.29 is 28.3 Å². The molecule has 1 N–H and O–H groups in total. The molecule has 8 nitrogen and oxygen atoms in total. The second-order valence-corrected chi connectivity index (χ2v) is 8.04. The molecule has 0 aliphatic carbocycles. The maximum absolute atomic E-state index is 12.9. The molecule has 2 heterocycles. The minimum Gasteiger partial charge on any atom is -0.488 e. The molecule has 0 bridgehead atoms. The van der Waals surface area contributed by atoms with Gasteiger partial charge in [-0.3, -0.25) is 9.69 Å². The summed E-state index contributed by atoms with van der Waals surface area (Å²) < 4.78 is 15.8. The Labute approximate surface area is 204 Å². The van der Waals surface area contributed by atoms with Crippen molar-refractivity contribution in [3.05, 3.63) is 93.0 Å². The van der Waals surface area contributed by atoms with Gasteiger partial charge in [0.1, 0.15) is 23.8 Å². The SMILES string of the molecule is COC(=O)c1ccc(CN2C(=O)N/C(=C\c3cc(Cl)ccc3OCc3ccccc3Cl)C2=O)o1. The van der Waals surface area contributed by atoms with E-state index in [0.717, 1.165) is 10.5 Å². The third-order valence-electron chi connectivity index (χ3n) is 4.94. The molecule has 0 atom stereocenters. The molecule has 34 heavy (non-hydrogen) atoms. The van der Waals surface area contributed by atoms with E-state index < -0.39 is 17.9 Å². The Hall–Kier alpha value is -3.75. The maximum atomic E-state index is 12.9. The van der Waals surface area contributed by atoms with Gasteiger partial charge in [-0.25, -0.2) is 9.59 Å². The number of hydrogen-bond acceptors (Lipinski definition) is 6. The Morgan fingerprint density at radius 3 is 2.68 bits per heavy atom. The monoisotopic (exact) mass is 500 g/mol. The molecule has 3 amide bonds. The number of carbonyl (C=O) groups is 3. The van der Waals surface area contributed by atoms with Crippen LogP contribution in [0.15, 0.2) is 64.7 Å². The number of benzene rings is 2. The van der Waals surface area contributed by atoms with Gasteiger partial charge in [0.25, 0.3) is 5.91 Å². The lowest BCUT2D eigenvalue weighted by Crippen LogP contribution is -2.30. The van der Waals surface area contributed by atoms with Gasteiger partial charge in [0.2, 0.25) is 5.76 Å². The van der Waals surface area contributed by atoms with Crippen LogP contribution >= 0.6 is 23.2 Å². The van der Waals surface area contributed by atoms with E-state index in [9.17, 15) is 14.4 Å². The van der Waals surface area contributed by atoms with E-state index >= 15 is 0 Å². The molecule has 1 saturated heterocycles. The highest BCUT2D eigenvalue weighted by Crippen LogP contribution is 2.28. The molecule has 1 aliphatic rings. The van der Waals surface area contributed by atoms with Gasteiger partial charge < -0.3 is 19.2 Å². The number of hydrogen-bond donors (Lipinski definition) is 1. The molecule has 0 radical (unpaired) electrons. The summed E-state index contributed by atoms with van der Waals surface area (Å²) in [4.78, 5) is 37.8. The van der Waals surface area contributed by atoms with Gasteiger partial charge in [-0.05, 0) is 42.5 Å². The molecule has 1 fully saturated rings. The number of imide groups is 1. The van der Waals surface area contributed by atoms with Crippen LogP contribution in [-0.2, 0) is 22.7 Å². The number of carbonyl (C=O) groups excluding carboxylic acids is 3. The predicted octanol–water partition coefficient (Wildman–Crippen LogP) is 5.04. The maximum Gasteiger partial charge on any atom is 0.373 e. The van der Waals surface area contributed by atoms with Gasteiger partial charge in [0, 0.05) is 21.2 Å². The lowest BCUT2D eigenvalue weighted by Gasteiger charge is -2.11. The van der Waals surface area contributed by atoms with Crippen molar-refractivity contribution in [2.75, 3.05) is 7.11 Å². The number of furan rings is 1. The van der Waals surface area contributed by atoms with Crippen molar-refractivity contribution >= 4 is 47.2 Å². The van der Waals surface area contributed by atoms with Crippen LogP contribution in [-0.4, -0.2) is 29.9 Å². The highest BCUT2D eigenvalue weighted by atomic mass is 35.5. The number of methoxy groups -OCH3 is 1. The van der Waals surface area contributed by atoms with Gasteiger partial charge in [-0.2, -0.15) is 0 Å². The first-order valence-electron chi connectivity index (χ1n) is 10.0. The summed E-state index contributed by atoms with van der Waals surface area (Å²) in [5, 5.41) is 3.53. The average Bonchev–Trinajstić information content (AvgIpc) is 3.39. The molecule has 3 aromatic rings. The minimum absolute atomic E-state index is 0.0282. The van der Waals surface area contributed by atoms with Crippen LogP contribution in [0.3, 0.4) is 0 Å². The van der Waals surface area contributed by atoms with Crippen LogP contribution < -0.4 is 10.1 Å². The summed E-state index contributed by atoms with van der Waals surface area (Å²) in [7, 11) is 1.22. The smallest absolute Gasteiger partial charge is 0.373 e. The third kappa shape index (κ3) is 5.08. The third-order valence-corrected chi connectivity index (χ3v) is 5.54. The zero-order valence-corrected chi connectivity index (χ0v) is 19.4. The molecular weight excluding hydrogens is 483 g/mol. The molecule has 174 valence electrons. The highest BCUT2D eigenvalue weighted by molar-refractivity contribution is 6.31. The molecule has 1 aliphatic heterocycles. The van der Waals surface area contributed by atoms with E-state index in [4.69, 9.17) is 32.4 Å². The Kier molecular flexibility index (Phi) is 6.90. The van der Waals surface area contributed by atoms with E-state index in [1.165, 1.54) is 25.3 Å². The molecule has 0 spiro atoms. The number of esters is 1. The lowest BCUT2D eigenvalue weighted by atomic mass is 10.1. The largest absolute Gasteiger partial charge is 0.488 e. The van der Waals surface area contributed by atoms with Crippen LogP contribution in [0.1, 0.15) is 27.4 Å². The van der Waals surface area contributed by atoms with Crippen molar-refractivity contribution in [3.8, 4) is 5.75 Å². The van der Waals surface area contributed by atoms with Crippen molar-refractivity contribution in [3.63, 3.8) is 0 Å². The second kappa shape index (κ2) is 10.0. The highest BCUT2D eigenvalue weighted by Gasteiger charge is 2.34. The number of ether oxygens (including phenoxy) is 2. The molecule has 10 heteroatoms. The first-order valence-corrected chi connectivity index (χ1v) is 10.8. The predicted molar refractivity (Wildman–Crippen MR) is 124 cm³/mol. The van der Waals surface area contributed by atoms with Crippen molar-refractivity contribution in [1.29, 1.82) is 0 Å². The van der Waals surface area contributed by atoms with Crippen LogP contribution in [0.25, 0.3) is 6.08 Å². The fourth-order valence-corrected chi connectivity index (χ4v) is 3.61. The molecule has 0 saturated carbocycles. The van der Waals surface area contributed by atoms with Crippen LogP contribution in [0, 0.1) is 0 Å². The summed E-state index contributed by atoms with van der Waals surface area (Å²) in [6.07, 6.45) is 1.48. The van der Waals surface area contributed by atoms with Gasteiger partial charge in [0.05, 0.1) is 13.7 Å². The summed E-state index contributed by atoms with van der Waals surface area (Å²) in [5.74, 6) is -0.561. The molecule has 2 aromatic carbocycles. The van der Waals surface area contributed by atoms with E-state index in [-0.39, 0.29) is 30.4 Å². The van der Waals surface area contributed by atoms with Crippen molar-refractivity contribution in [2.24, 2.45) is 0 Å². The fraction of sp³-hybridized carbons (Fsp3) is 0.125. The minimum atomic E-state index is -0.658. The summed E-state index contributed by atoms with van der Waals surface area (Å²) in [6.45, 7) is 0.0370. The van der Waals surface area contributed by atoms with E-state index in [1.807, 2.05) is 18.2 Å². The number of halogens is 2. The summed E-state index contributed by atoms with van der Waals surface area (Å²) in [6, 6.07) is 14.5. The Morgan fingerprint density at radius 1 is 1.12 bits per heavy atom. The first-order chi connectivity index (χ1) is 16.4. The number of amides is 3. The molecule has 1 aromatic heterocycles. The average molecular weight is 501 g/mol. The quantitative estimate of drug-likeness (QED) is 0.277. The van der Waals surface area contributed by atoms with Crippen molar-refractivity contribution in [2.45, 2.75) is 13.2 Å². The Balaban J connectivity index is 1.53.